The largest absolute Gasteiger partial charge is 0.497 e. The number of benzene rings is 2. The average Bonchev–Trinajstić information content (AvgIpc) is 2.56. The van der Waals surface area contributed by atoms with Crippen LogP contribution >= 0.6 is 0 Å². The molecule has 4 heteroatoms. The first-order valence-electron chi connectivity index (χ1n) is 7.62. The molecule has 23 heavy (non-hydrogen) atoms. The number of aryl methyl sites for hydroxylation is 2. The van der Waals surface area contributed by atoms with Crippen molar-refractivity contribution < 1.29 is 14.6 Å². The van der Waals surface area contributed by atoms with Crippen molar-refractivity contribution in [3.63, 3.8) is 0 Å². The number of nitrogens with one attached hydrogen (secondary N) is 1. The highest BCUT2D eigenvalue weighted by atomic mass is 16.5. The maximum atomic E-state index is 12.3. The van der Waals surface area contributed by atoms with E-state index in [0.29, 0.717) is 5.56 Å². The van der Waals surface area contributed by atoms with Gasteiger partial charge in [-0.1, -0.05) is 18.2 Å². The van der Waals surface area contributed by atoms with E-state index in [4.69, 9.17) is 4.74 Å². The normalized spacial score (nSPS) is 13.3. The first kappa shape index (κ1) is 17.0. The van der Waals surface area contributed by atoms with Gasteiger partial charge in [0.2, 0.25) is 0 Å². The van der Waals surface area contributed by atoms with Crippen molar-refractivity contribution in [1.29, 1.82) is 0 Å². The number of carbonyl (C=O) groups excluding carboxylic acids is 1. The zero-order valence-corrected chi connectivity index (χ0v) is 14.0. The van der Waals surface area contributed by atoms with Crippen molar-refractivity contribution in [2.24, 2.45) is 0 Å². The molecule has 0 aromatic heterocycles. The quantitative estimate of drug-likeness (QED) is 0.891. The molecule has 2 unspecified atom stereocenters. The van der Waals surface area contributed by atoms with Gasteiger partial charge in [-0.25, -0.2) is 0 Å². The Balaban J connectivity index is 2.05. The van der Waals surface area contributed by atoms with Crippen LogP contribution in [0.4, 0.5) is 0 Å². The third-order valence-electron chi connectivity index (χ3n) is 4.06. The lowest BCUT2D eigenvalue weighted by Gasteiger charge is -2.21. The zero-order valence-electron chi connectivity index (χ0n) is 14.0. The minimum absolute atomic E-state index is 0.187. The maximum absolute atomic E-state index is 12.3. The lowest BCUT2D eigenvalue weighted by molar-refractivity contribution is 0.0852. The number of rotatable bonds is 5. The molecule has 2 aromatic carbocycles. The Morgan fingerprint density at radius 3 is 2.30 bits per heavy atom. The number of aliphatic hydroxyl groups excluding tert-OH is 1. The van der Waals surface area contributed by atoms with Crippen molar-refractivity contribution in [2.75, 3.05) is 7.11 Å². The Bertz CT molecular complexity index is 680. The third kappa shape index (κ3) is 4.11. The van der Waals surface area contributed by atoms with Gasteiger partial charge in [-0.05, 0) is 61.7 Å². The smallest absolute Gasteiger partial charge is 0.251 e. The molecule has 0 fully saturated rings. The van der Waals surface area contributed by atoms with Gasteiger partial charge in [-0.2, -0.15) is 0 Å². The molecule has 0 spiro atoms. The predicted molar refractivity (Wildman–Crippen MR) is 90.8 cm³/mol. The molecule has 122 valence electrons. The van der Waals surface area contributed by atoms with Crippen LogP contribution in [0.25, 0.3) is 0 Å². The van der Waals surface area contributed by atoms with Gasteiger partial charge in [0.25, 0.3) is 5.91 Å². The fourth-order valence-electron chi connectivity index (χ4n) is 2.34. The Hall–Kier alpha value is -2.33. The molecule has 0 saturated carbocycles. The van der Waals surface area contributed by atoms with Crippen LogP contribution in [0.3, 0.4) is 0 Å². The zero-order chi connectivity index (χ0) is 17.0. The summed E-state index contributed by atoms with van der Waals surface area (Å²) in [6.45, 7) is 5.77. The maximum Gasteiger partial charge on any atom is 0.251 e. The molecule has 0 aliphatic rings. The summed E-state index contributed by atoms with van der Waals surface area (Å²) in [4.78, 5) is 12.3. The fourth-order valence-corrected chi connectivity index (χ4v) is 2.34. The van der Waals surface area contributed by atoms with Crippen LogP contribution in [0.15, 0.2) is 42.5 Å². The first-order chi connectivity index (χ1) is 10.9. The highest BCUT2D eigenvalue weighted by molar-refractivity contribution is 5.94. The summed E-state index contributed by atoms with van der Waals surface area (Å²) in [6.07, 6.45) is -0.781. The number of carbonyl (C=O) groups is 1. The summed E-state index contributed by atoms with van der Waals surface area (Å²) in [5.74, 6) is 0.543. The molecule has 0 aliphatic carbocycles. The Morgan fingerprint density at radius 1 is 1.09 bits per heavy atom. The van der Waals surface area contributed by atoms with E-state index in [0.717, 1.165) is 22.4 Å². The molecule has 2 atom stereocenters. The standard InChI is InChI=1S/C19H23NO3/c1-12-5-6-16(11-13(12)2)19(22)20-14(3)18(21)15-7-9-17(23-4)10-8-15/h5-11,14,18,21H,1-4H3,(H,20,22). The molecule has 2 aromatic rings. The van der Waals surface area contributed by atoms with E-state index >= 15 is 0 Å². The van der Waals surface area contributed by atoms with E-state index < -0.39 is 12.1 Å². The molecular weight excluding hydrogens is 290 g/mol. The molecule has 0 bridgehead atoms. The fraction of sp³-hybridized carbons (Fsp3) is 0.316. The van der Waals surface area contributed by atoms with Gasteiger partial charge >= 0.3 is 0 Å². The lowest BCUT2D eigenvalue weighted by atomic mass is 10.0. The minimum atomic E-state index is -0.781. The van der Waals surface area contributed by atoms with E-state index in [2.05, 4.69) is 5.32 Å². The second kappa shape index (κ2) is 7.29. The van der Waals surface area contributed by atoms with Crippen LogP contribution in [0.5, 0.6) is 5.75 Å². The van der Waals surface area contributed by atoms with E-state index in [-0.39, 0.29) is 5.91 Å². The van der Waals surface area contributed by atoms with E-state index in [9.17, 15) is 9.90 Å². The Labute approximate surface area is 137 Å². The predicted octanol–water partition coefficient (Wildman–Crippen LogP) is 3.16. The summed E-state index contributed by atoms with van der Waals surface area (Å²) in [7, 11) is 1.60. The topological polar surface area (TPSA) is 58.6 Å². The van der Waals surface area contributed by atoms with Crippen molar-refractivity contribution in [3.8, 4) is 5.75 Å². The highest BCUT2D eigenvalue weighted by Gasteiger charge is 2.19. The molecular formula is C19H23NO3. The molecule has 2 N–H and O–H groups in total. The molecule has 0 heterocycles. The average molecular weight is 313 g/mol. The van der Waals surface area contributed by atoms with Crippen molar-refractivity contribution >= 4 is 5.91 Å². The number of amides is 1. The minimum Gasteiger partial charge on any atom is -0.497 e. The monoisotopic (exact) mass is 313 g/mol. The van der Waals surface area contributed by atoms with Gasteiger partial charge in [-0.3, -0.25) is 4.79 Å². The van der Waals surface area contributed by atoms with Crippen molar-refractivity contribution in [3.05, 3.63) is 64.7 Å². The van der Waals surface area contributed by atoms with Gasteiger partial charge in [0.15, 0.2) is 0 Å². The van der Waals surface area contributed by atoms with Gasteiger partial charge in [-0.15, -0.1) is 0 Å². The van der Waals surface area contributed by atoms with Crippen molar-refractivity contribution in [2.45, 2.75) is 32.9 Å². The highest BCUT2D eigenvalue weighted by Crippen LogP contribution is 2.20. The summed E-state index contributed by atoms with van der Waals surface area (Å²) >= 11 is 0. The second-order valence-corrected chi connectivity index (χ2v) is 5.78. The van der Waals surface area contributed by atoms with Crippen LogP contribution in [0, 0.1) is 13.8 Å². The van der Waals surface area contributed by atoms with Gasteiger partial charge in [0.05, 0.1) is 19.3 Å². The second-order valence-electron chi connectivity index (χ2n) is 5.78. The number of methoxy groups -OCH3 is 1. The molecule has 0 aliphatic heterocycles. The van der Waals surface area contributed by atoms with Gasteiger partial charge in [0.1, 0.15) is 5.75 Å². The Morgan fingerprint density at radius 2 is 1.74 bits per heavy atom. The molecule has 0 radical (unpaired) electrons. The van der Waals surface area contributed by atoms with Crippen molar-refractivity contribution in [1.82, 2.24) is 5.32 Å². The van der Waals surface area contributed by atoms with Gasteiger partial charge in [0, 0.05) is 5.56 Å². The SMILES string of the molecule is COc1ccc(C(O)C(C)NC(=O)c2ccc(C)c(C)c2)cc1. The number of aliphatic hydroxyl groups is 1. The van der Waals surface area contributed by atoms with Crippen LogP contribution in [-0.2, 0) is 0 Å². The van der Waals surface area contributed by atoms with Crippen LogP contribution in [0.1, 0.15) is 40.1 Å². The lowest BCUT2D eigenvalue weighted by Crippen LogP contribution is -2.37. The van der Waals surface area contributed by atoms with E-state index in [1.165, 1.54) is 0 Å². The van der Waals surface area contributed by atoms with Crippen LogP contribution < -0.4 is 10.1 Å². The number of hydrogen-bond donors (Lipinski definition) is 2. The van der Waals surface area contributed by atoms with Gasteiger partial charge < -0.3 is 15.2 Å². The molecule has 4 nitrogen and oxygen atoms in total. The Kier molecular flexibility index (Phi) is 5.40. The summed E-state index contributed by atoms with van der Waals surface area (Å²) in [5.41, 5.74) is 3.55. The van der Waals surface area contributed by atoms with E-state index in [1.54, 1.807) is 44.4 Å². The number of ether oxygens (including phenoxy) is 1. The van der Waals surface area contributed by atoms with Crippen LogP contribution in [-0.4, -0.2) is 24.2 Å². The van der Waals surface area contributed by atoms with Crippen LogP contribution in [0.2, 0.25) is 0 Å². The summed E-state index contributed by atoms with van der Waals surface area (Å²) in [6, 6.07) is 12.3. The molecule has 0 saturated heterocycles. The molecule has 2 rings (SSSR count). The summed E-state index contributed by atoms with van der Waals surface area (Å²) in [5, 5.41) is 13.2. The summed E-state index contributed by atoms with van der Waals surface area (Å²) < 4.78 is 5.10. The number of hydrogen-bond acceptors (Lipinski definition) is 3. The molecule has 1 amide bonds. The first-order valence-corrected chi connectivity index (χ1v) is 7.62. The third-order valence-corrected chi connectivity index (χ3v) is 4.06. The van der Waals surface area contributed by atoms with E-state index in [1.807, 2.05) is 26.0 Å².